The zero-order valence-corrected chi connectivity index (χ0v) is 12.0. The van der Waals surface area contributed by atoms with Crippen LogP contribution in [0.3, 0.4) is 0 Å². The van der Waals surface area contributed by atoms with E-state index in [-0.39, 0.29) is 0 Å². The van der Waals surface area contributed by atoms with Gasteiger partial charge < -0.3 is 5.32 Å². The molecular formula is C16H30N2. The third kappa shape index (κ3) is 3.27. The average molecular weight is 250 g/mol. The summed E-state index contributed by atoms with van der Waals surface area (Å²) in [6.07, 6.45) is 13.1. The van der Waals surface area contributed by atoms with Crippen molar-refractivity contribution in [3.63, 3.8) is 0 Å². The minimum atomic E-state index is 0.797. The second kappa shape index (κ2) is 5.92. The normalized spacial score (nSPS) is 38.0. The molecule has 2 heteroatoms. The van der Waals surface area contributed by atoms with Crippen LogP contribution in [0.25, 0.3) is 0 Å². The zero-order valence-electron chi connectivity index (χ0n) is 12.0. The summed E-state index contributed by atoms with van der Waals surface area (Å²) >= 11 is 0. The monoisotopic (exact) mass is 250 g/mol. The van der Waals surface area contributed by atoms with Crippen LogP contribution in [0.2, 0.25) is 0 Å². The van der Waals surface area contributed by atoms with Crippen LogP contribution >= 0.6 is 0 Å². The molecule has 3 rings (SSSR count). The predicted molar refractivity (Wildman–Crippen MR) is 76.8 cm³/mol. The number of hydrogen-bond acceptors (Lipinski definition) is 2. The van der Waals surface area contributed by atoms with Crippen LogP contribution in [0.4, 0.5) is 0 Å². The number of nitrogens with one attached hydrogen (secondary N) is 1. The number of rotatable bonds is 4. The Morgan fingerprint density at radius 1 is 0.889 bits per heavy atom. The summed E-state index contributed by atoms with van der Waals surface area (Å²) in [7, 11) is 0. The van der Waals surface area contributed by atoms with E-state index >= 15 is 0 Å². The van der Waals surface area contributed by atoms with Gasteiger partial charge >= 0.3 is 0 Å². The second-order valence-electron chi connectivity index (χ2n) is 6.99. The lowest BCUT2D eigenvalue weighted by molar-refractivity contribution is 0.154. The summed E-state index contributed by atoms with van der Waals surface area (Å²) in [6.45, 7) is 5.04. The summed E-state index contributed by atoms with van der Waals surface area (Å²) in [5.74, 6) is 0.973. The van der Waals surface area contributed by atoms with Crippen LogP contribution in [0.5, 0.6) is 0 Å². The van der Waals surface area contributed by atoms with Crippen molar-refractivity contribution in [2.45, 2.75) is 82.8 Å². The van der Waals surface area contributed by atoms with Crippen LogP contribution in [0, 0.1) is 5.92 Å². The Morgan fingerprint density at radius 3 is 2.39 bits per heavy atom. The molecule has 2 aliphatic carbocycles. The summed E-state index contributed by atoms with van der Waals surface area (Å²) in [4.78, 5) is 2.90. The minimum absolute atomic E-state index is 0.797. The average Bonchev–Trinajstić information content (AvgIpc) is 3.12. The predicted octanol–water partition coefficient (Wildman–Crippen LogP) is 3.17. The van der Waals surface area contributed by atoms with E-state index in [0.717, 1.165) is 24.0 Å². The second-order valence-corrected chi connectivity index (χ2v) is 6.99. The molecule has 1 N–H and O–H groups in total. The first kappa shape index (κ1) is 12.9. The Labute approximate surface area is 113 Å². The van der Waals surface area contributed by atoms with Crippen LogP contribution in [-0.2, 0) is 0 Å². The van der Waals surface area contributed by atoms with Gasteiger partial charge in [-0.2, -0.15) is 0 Å². The van der Waals surface area contributed by atoms with Gasteiger partial charge in [0.15, 0.2) is 0 Å². The van der Waals surface area contributed by atoms with Gasteiger partial charge in [-0.3, -0.25) is 4.90 Å². The molecule has 0 amide bonds. The topological polar surface area (TPSA) is 15.3 Å². The van der Waals surface area contributed by atoms with Gasteiger partial charge in [0.25, 0.3) is 0 Å². The Kier molecular flexibility index (Phi) is 4.25. The van der Waals surface area contributed by atoms with E-state index in [1.54, 1.807) is 0 Å². The third-order valence-electron chi connectivity index (χ3n) is 5.31. The molecule has 0 spiro atoms. The van der Waals surface area contributed by atoms with Gasteiger partial charge in [0, 0.05) is 24.7 Å². The van der Waals surface area contributed by atoms with Crippen LogP contribution in [-0.4, -0.2) is 36.1 Å². The summed E-state index contributed by atoms with van der Waals surface area (Å²) in [6, 6.07) is 2.65. The molecule has 0 aromatic carbocycles. The molecule has 0 radical (unpaired) electrons. The maximum atomic E-state index is 3.69. The van der Waals surface area contributed by atoms with Crippen molar-refractivity contribution in [3.05, 3.63) is 0 Å². The Hall–Kier alpha value is -0.0800. The lowest BCUT2D eigenvalue weighted by Gasteiger charge is -2.33. The molecule has 0 aromatic rings. The molecule has 104 valence electrons. The van der Waals surface area contributed by atoms with Crippen molar-refractivity contribution in [1.82, 2.24) is 10.2 Å². The van der Waals surface area contributed by atoms with Gasteiger partial charge in [-0.25, -0.2) is 0 Å². The molecule has 1 aliphatic heterocycles. The van der Waals surface area contributed by atoms with Gasteiger partial charge in [0.2, 0.25) is 0 Å². The van der Waals surface area contributed by atoms with Crippen LogP contribution < -0.4 is 5.32 Å². The molecule has 3 aliphatic rings. The SMILES string of the molecule is CC1CCCC(N(CC2CCCN2)C2CC2)CC1. The maximum absolute atomic E-state index is 3.69. The molecular weight excluding hydrogens is 220 g/mol. The summed E-state index contributed by atoms with van der Waals surface area (Å²) in [5.41, 5.74) is 0. The fourth-order valence-electron chi connectivity index (χ4n) is 3.97. The lowest BCUT2D eigenvalue weighted by atomic mass is 10.0. The molecule has 2 saturated carbocycles. The van der Waals surface area contributed by atoms with E-state index in [1.807, 2.05) is 0 Å². The molecule has 0 bridgehead atoms. The molecule has 18 heavy (non-hydrogen) atoms. The third-order valence-corrected chi connectivity index (χ3v) is 5.31. The first-order chi connectivity index (χ1) is 8.83. The van der Waals surface area contributed by atoms with E-state index in [4.69, 9.17) is 0 Å². The molecule has 1 saturated heterocycles. The quantitative estimate of drug-likeness (QED) is 0.771. The molecule has 3 fully saturated rings. The first-order valence-electron chi connectivity index (χ1n) is 8.32. The van der Waals surface area contributed by atoms with E-state index in [1.165, 1.54) is 70.9 Å². The van der Waals surface area contributed by atoms with Crippen LogP contribution in [0.1, 0.15) is 64.7 Å². The van der Waals surface area contributed by atoms with Crippen molar-refractivity contribution >= 4 is 0 Å². The molecule has 3 unspecified atom stereocenters. The highest BCUT2D eigenvalue weighted by atomic mass is 15.2. The molecule has 3 atom stereocenters. The Morgan fingerprint density at radius 2 is 1.67 bits per heavy atom. The van der Waals surface area contributed by atoms with Gasteiger partial charge in [0.05, 0.1) is 0 Å². The van der Waals surface area contributed by atoms with Gasteiger partial charge in [-0.05, 0) is 57.4 Å². The van der Waals surface area contributed by atoms with E-state index in [2.05, 4.69) is 17.1 Å². The molecule has 1 heterocycles. The number of hydrogen-bond donors (Lipinski definition) is 1. The first-order valence-corrected chi connectivity index (χ1v) is 8.32. The molecule has 2 nitrogen and oxygen atoms in total. The van der Waals surface area contributed by atoms with Crippen molar-refractivity contribution in [3.8, 4) is 0 Å². The smallest absolute Gasteiger partial charge is 0.0195 e. The van der Waals surface area contributed by atoms with E-state index in [0.29, 0.717) is 0 Å². The molecule has 0 aromatic heterocycles. The Bertz CT molecular complexity index is 256. The standard InChI is InChI=1S/C16H30N2/c1-13-4-2-6-15(8-7-13)18(16-9-10-16)12-14-5-3-11-17-14/h13-17H,2-12H2,1H3. The van der Waals surface area contributed by atoms with Gasteiger partial charge in [-0.15, -0.1) is 0 Å². The highest BCUT2D eigenvalue weighted by Crippen LogP contribution is 2.34. The Balaban J connectivity index is 1.57. The number of nitrogens with zero attached hydrogens (tertiary/aromatic N) is 1. The maximum Gasteiger partial charge on any atom is 0.0195 e. The van der Waals surface area contributed by atoms with Gasteiger partial charge in [0.1, 0.15) is 0 Å². The minimum Gasteiger partial charge on any atom is -0.313 e. The van der Waals surface area contributed by atoms with E-state index < -0.39 is 0 Å². The van der Waals surface area contributed by atoms with E-state index in [9.17, 15) is 0 Å². The summed E-state index contributed by atoms with van der Waals surface area (Å²) < 4.78 is 0. The highest BCUT2D eigenvalue weighted by molar-refractivity contribution is 4.92. The zero-order chi connectivity index (χ0) is 12.4. The van der Waals surface area contributed by atoms with Gasteiger partial charge in [-0.1, -0.05) is 19.8 Å². The fraction of sp³-hybridized carbons (Fsp3) is 1.00. The van der Waals surface area contributed by atoms with Crippen LogP contribution in [0.15, 0.2) is 0 Å². The largest absolute Gasteiger partial charge is 0.313 e. The van der Waals surface area contributed by atoms with Crippen molar-refractivity contribution in [1.29, 1.82) is 0 Å². The van der Waals surface area contributed by atoms with Crippen molar-refractivity contribution in [2.75, 3.05) is 13.1 Å². The van der Waals surface area contributed by atoms with Crippen molar-refractivity contribution < 1.29 is 0 Å². The highest BCUT2D eigenvalue weighted by Gasteiger charge is 2.36. The fourth-order valence-corrected chi connectivity index (χ4v) is 3.97. The lowest BCUT2D eigenvalue weighted by Crippen LogP contribution is -2.44. The van der Waals surface area contributed by atoms with Crippen molar-refractivity contribution in [2.24, 2.45) is 5.92 Å². The summed E-state index contributed by atoms with van der Waals surface area (Å²) in [5, 5.41) is 3.69.